The predicted octanol–water partition coefficient (Wildman–Crippen LogP) is 2.58. The number of esters is 1. The minimum atomic E-state index is -3.25. The largest absolute Gasteiger partial charge is 0.469 e. The first kappa shape index (κ1) is 21.8. The normalized spacial score (nSPS) is 18.8. The van der Waals surface area contributed by atoms with Gasteiger partial charge in [-0.15, -0.1) is 0 Å². The van der Waals surface area contributed by atoms with E-state index in [4.69, 9.17) is 4.74 Å². The minimum absolute atomic E-state index is 0.0436. The highest BCUT2D eigenvalue weighted by atomic mass is 32.2. The number of sulfone groups is 1. The molecule has 30 heavy (non-hydrogen) atoms. The first-order valence-corrected chi connectivity index (χ1v) is 11.5. The van der Waals surface area contributed by atoms with Crippen LogP contribution < -0.4 is 5.32 Å². The summed E-state index contributed by atoms with van der Waals surface area (Å²) in [4.78, 5) is 26.8. The molecule has 3 rings (SSSR count). The predicted molar refractivity (Wildman–Crippen MR) is 113 cm³/mol. The fourth-order valence-electron chi connectivity index (χ4n) is 3.67. The van der Waals surface area contributed by atoms with E-state index < -0.39 is 15.8 Å². The molecular weight excluding hydrogens is 404 g/mol. The van der Waals surface area contributed by atoms with Gasteiger partial charge in [0.25, 0.3) is 0 Å². The quantitative estimate of drug-likeness (QED) is 0.711. The van der Waals surface area contributed by atoms with Crippen molar-refractivity contribution in [3.8, 4) is 0 Å². The van der Waals surface area contributed by atoms with E-state index in [2.05, 4.69) is 5.32 Å². The van der Waals surface area contributed by atoms with Gasteiger partial charge in [-0.3, -0.25) is 4.79 Å². The Morgan fingerprint density at radius 2 is 1.73 bits per heavy atom. The Labute approximate surface area is 177 Å². The van der Waals surface area contributed by atoms with Crippen LogP contribution in [0.25, 0.3) is 0 Å². The van der Waals surface area contributed by atoms with E-state index in [9.17, 15) is 18.0 Å². The molecule has 0 aromatic heterocycles. The molecule has 8 heteroatoms. The summed E-state index contributed by atoms with van der Waals surface area (Å²) in [7, 11) is -1.89. The molecule has 2 aromatic carbocycles. The third-order valence-corrected chi connectivity index (χ3v) is 7.20. The molecule has 1 N–H and O–H groups in total. The van der Waals surface area contributed by atoms with E-state index in [-0.39, 0.29) is 41.7 Å². The lowest BCUT2D eigenvalue weighted by Crippen LogP contribution is -2.38. The van der Waals surface area contributed by atoms with Gasteiger partial charge in [0.15, 0.2) is 9.84 Å². The van der Waals surface area contributed by atoms with Crippen LogP contribution in [-0.2, 0) is 25.9 Å². The van der Waals surface area contributed by atoms with Crippen molar-refractivity contribution in [2.75, 3.05) is 26.0 Å². The average Bonchev–Trinajstić information content (AvgIpc) is 3.23. The van der Waals surface area contributed by atoms with Gasteiger partial charge >= 0.3 is 12.0 Å². The zero-order chi connectivity index (χ0) is 21.7. The molecule has 1 aliphatic rings. The molecule has 0 aliphatic carbocycles. The van der Waals surface area contributed by atoms with Crippen LogP contribution in [0, 0.1) is 5.92 Å². The fourth-order valence-corrected chi connectivity index (χ4v) is 4.55. The van der Waals surface area contributed by atoms with E-state index in [1.54, 1.807) is 36.1 Å². The second kappa shape index (κ2) is 9.30. The summed E-state index contributed by atoms with van der Waals surface area (Å²) in [5, 5.41) is 2.85. The lowest BCUT2D eigenvalue weighted by atomic mass is 9.89. The topological polar surface area (TPSA) is 92.8 Å². The van der Waals surface area contributed by atoms with Crippen molar-refractivity contribution in [2.45, 2.75) is 24.3 Å². The summed E-state index contributed by atoms with van der Waals surface area (Å²) in [6.45, 7) is 2.57. The Morgan fingerprint density at radius 1 is 1.07 bits per heavy atom. The van der Waals surface area contributed by atoms with Crippen molar-refractivity contribution >= 4 is 21.8 Å². The van der Waals surface area contributed by atoms with Crippen molar-refractivity contribution in [3.05, 3.63) is 65.7 Å². The van der Waals surface area contributed by atoms with Gasteiger partial charge in [-0.05, 0) is 23.3 Å². The Morgan fingerprint density at radius 3 is 2.33 bits per heavy atom. The summed E-state index contributed by atoms with van der Waals surface area (Å²) in [6.07, 6.45) is 0. The third-order valence-electron chi connectivity index (χ3n) is 5.44. The molecule has 1 saturated heterocycles. The second-order valence-corrected chi connectivity index (χ2v) is 9.54. The monoisotopic (exact) mass is 430 g/mol. The van der Waals surface area contributed by atoms with Crippen LogP contribution in [0.4, 0.5) is 4.79 Å². The van der Waals surface area contributed by atoms with Crippen LogP contribution in [0.3, 0.4) is 0 Å². The number of benzene rings is 2. The van der Waals surface area contributed by atoms with Gasteiger partial charge in [0.1, 0.15) is 0 Å². The van der Waals surface area contributed by atoms with Crippen LogP contribution in [-0.4, -0.2) is 51.3 Å². The molecule has 2 aromatic rings. The number of hydrogen-bond donors (Lipinski definition) is 1. The third kappa shape index (κ3) is 4.81. The van der Waals surface area contributed by atoms with Gasteiger partial charge < -0.3 is 15.0 Å². The summed E-state index contributed by atoms with van der Waals surface area (Å²) in [5.74, 6) is -0.821. The number of carbonyl (C=O) groups excluding carboxylic acids is 2. The van der Waals surface area contributed by atoms with Gasteiger partial charge in [-0.1, -0.05) is 49.4 Å². The summed E-state index contributed by atoms with van der Waals surface area (Å²) in [6, 6.07) is 15.9. The van der Waals surface area contributed by atoms with Crippen LogP contribution in [0.1, 0.15) is 24.0 Å². The number of ether oxygens (including phenoxy) is 1. The Kier molecular flexibility index (Phi) is 6.77. The lowest BCUT2D eigenvalue weighted by molar-refractivity contribution is -0.145. The van der Waals surface area contributed by atoms with E-state index in [1.165, 1.54) is 7.11 Å². The number of amides is 2. The molecule has 1 aliphatic heterocycles. The number of nitrogens with zero attached hydrogens (tertiary/aromatic N) is 1. The van der Waals surface area contributed by atoms with Gasteiger partial charge in [0.2, 0.25) is 0 Å². The Bertz CT molecular complexity index is 990. The second-order valence-electron chi connectivity index (χ2n) is 7.26. The molecule has 1 heterocycles. The zero-order valence-electron chi connectivity index (χ0n) is 17.1. The van der Waals surface area contributed by atoms with Crippen LogP contribution in [0.2, 0.25) is 0 Å². The highest BCUT2D eigenvalue weighted by Gasteiger charge is 2.41. The molecular formula is C22H26N2O5S. The molecule has 0 radical (unpaired) electrons. The molecule has 1 fully saturated rings. The summed E-state index contributed by atoms with van der Waals surface area (Å²) < 4.78 is 28.7. The van der Waals surface area contributed by atoms with Crippen LogP contribution in [0.15, 0.2) is 59.5 Å². The standard InChI is InChI=1S/C22H26N2O5S/c1-3-30(27,28)18-11-9-16(10-12-18)13-23-22(26)24-14-19(17-7-5-4-6-8-17)20(15-24)21(25)29-2/h4-12,19-20H,3,13-15H2,1-2H3,(H,23,26). The lowest BCUT2D eigenvalue weighted by Gasteiger charge is -2.17. The number of carbonyl (C=O) groups is 2. The van der Waals surface area contributed by atoms with Gasteiger partial charge in [0.05, 0.1) is 23.7 Å². The Hall–Kier alpha value is -2.87. The Balaban J connectivity index is 1.65. The molecule has 7 nitrogen and oxygen atoms in total. The fraction of sp³-hybridized carbons (Fsp3) is 0.364. The van der Waals surface area contributed by atoms with Gasteiger partial charge in [0, 0.05) is 25.6 Å². The highest BCUT2D eigenvalue weighted by molar-refractivity contribution is 7.91. The number of nitrogens with one attached hydrogen (secondary N) is 1. The summed E-state index contributed by atoms with van der Waals surface area (Å²) in [5.41, 5.74) is 1.79. The molecule has 0 spiro atoms. The van der Waals surface area contributed by atoms with Crippen LogP contribution >= 0.6 is 0 Å². The average molecular weight is 431 g/mol. The van der Waals surface area contributed by atoms with Crippen LogP contribution in [0.5, 0.6) is 0 Å². The van der Waals surface area contributed by atoms with Crippen molar-refractivity contribution in [1.82, 2.24) is 10.2 Å². The minimum Gasteiger partial charge on any atom is -0.469 e. The first-order chi connectivity index (χ1) is 14.4. The van der Waals surface area contributed by atoms with Gasteiger partial charge in [-0.2, -0.15) is 0 Å². The van der Waals surface area contributed by atoms with Crippen molar-refractivity contribution < 1.29 is 22.7 Å². The van der Waals surface area contributed by atoms with Crippen molar-refractivity contribution in [2.24, 2.45) is 5.92 Å². The zero-order valence-corrected chi connectivity index (χ0v) is 17.9. The number of likely N-dealkylation sites (tertiary alicyclic amines) is 1. The number of urea groups is 1. The number of rotatable bonds is 6. The van der Waals surface area contributed by atoms with Crippen molar-refractivity contribution in [1.29, 1.82) is 0 Å². The highest BCUT2D eigenvalue weighted by Crippen LogP contribution is 2.33. The first-order valence-electron chi connectivity index (χ1n) is 9.83. The smallest absolute Gasteiger partial charge is 0.317 e. The summed E-state index contributed by atoms with van der Waals surface area (Å²) >= 11 is 0. The van der Waals surface area contributed by atoms with E-state index in [1.807, 2.05) is 30.3 Å². The number of methoxy groups -OCH3 is 1. The maximum atomic E-state index is 12.7. The maximum absolute atomic E-state index is 12.7. The molecule has 160 valence electrons. The SMILES string of the molecule is CCS(=O)(=O)c1ccc(CNC(=O)N2CC(C(=O)OC)C(c3ccccc3)C2)cc1. The maximum Gasteiger partial charge on any atom is 0.317 e. The van der Waals surface area contributed by atoms with E-state index >= 15 is 0 Å². The van der Waals surface area contributed by atoms with Crippen molar-refractivity contribution in [3.63, 3.8) is 0 Å². The molecule has 2 unspecified atom stereocenters. The molecule has 2 amide bonds. The van der Waals surface area contributed by atoms with E-state index in [0.717, 1.165) is 11.1 Å². The molecule has 0 bridgehead atoms. The van der Waals surface area contributed by atoms with Gasteiger partial charge in [-0.25, -0.2) is 13.2 Å². The van der Waals surface area contributed by atoms with E-state index in [0.29, 0.717) is 6.54 Å². The molecule has 0 saturated carbocycles. The molecule has 2 atom stereocenters. The number of hydrogen-bond acceptors (Lipinski definition) is 5.